The number of carbonyl (C=O) groups is 1. The standard InChI is InChI=1S/C20H31N3O2/c1-15-4-6-16(7-5-15)20(17-8-9-17)21-19(24)14-23-10-11-25-18(13-23)12-22(2)3/h4-7,17-18,20H,8-14H2,1-3H3,(H,21,24)/t18-,20+/m1/s1. The van der Waals surface area contributed by atoms with Crippen molar-refractivity contribution in [2.24, 2.45) is 5.92 Å². The molecule has 1 aromatic rings. The highest BCUT2D eigenvalue weighted by atomic mass is 16.5. The van der Waals surface area contributed by atoms with Crippen LogP contribution in [0.1, 0.15) is 30.0 Å². The zero-order valence-corrected chi connectivity index (χ0v) is 15.7. The van der Waals surface area contributed by atoms with Crippen LogP contribution < -0.4 is 5.32 Å². The highest BCUT2D eigenvalue weighted by Gasteiger charge is 2.33. The lowest BCUT2D eigenvalue weighted by molar-refractivity contribution is -0.125. The smallest absolute Gasteiger partial charge is 0.234 e. The highest BCUT2D eigenvalue weighted by Crippen LogP contribution is 2.41. The summed E-state index contributed by atoms with van der Waals surface area (Å²) in [7, 11) is 4.10. The predicted molar refractivity (Wildman–Crippen MR) is 99.5 cm³/mol. The van der Waals surface area contributed by atoms with E-state index < -0.39 is 0 Å². The number of hydrogen-bond donors (Lipinski definition) is 1. The largest absolute Gasteiger partial charge is 0.374 e. The lowest BCUT2D eigenvalue weighted by Crippen LogP contribution is -2.49. The van der Waals surface area contributed by atoms with Crippen LogP contribution in [0.25, 0.3) is 0 Å². The average molecular weight is 345 g/mol. The fourth-order valence-corrected chi connectivity index (χ4v) is 3.54. The van der Waals surface area contributed by atoms with Gasteiger partial charge in [0.2, 0.25) is 5.91 Å². The third-order valence-corrected chi connectivity index (χ3v) is 5.01. The van der Waals surface area contributed by atoms with Crippen LogP contribution in [0.2, 0.25) is 0 Å². The Kier molecular flexibility index (Phi) is 6.10. The van der Waals surface area contributed by atoms with Crippen LogP contribution in [-0.2, 0) is 9.53 Å². The van der Waals surface area contributed by atoms with Gasteiger partial charge in [0.15, 0.2) is 0 Å². The molecule has 0 radical (unpaired) electrons. The van der Waals surface area contributed by atoms with Gasteiger partial charge >= 0.3 is 0 Å². The average Bonchev–Trinajstić information content (AvgIpc) is 3.38. The molecular formula is C20H31N3O2. The minimum atomic E-state index is 0.128. The number of morpholine rings is 1. The Balaban J connectivity index is 1.54. The van der Waals surface area contributed by atoms with Crippen molar-refractivity contribution in [2.75, 3.05) is 46.9 Å². The van der Waals surface area contributed by atoms with E-state index in [1.54, 1.807) is 0 Å². The Hall–Kier alpha value is -1.43. The molecule has 3 rings (SSSR count). The van der Waals surface area contributed by atoms with E-state index in [1.165, 1.54) is 24.0 Å². The Labute approximate surface area is 151 Å². The summed E-state index contributed by atoms with van der Waals surface area (Å²) >= 11 is 0. The van der Waals surface area contributed by atoms with Crippen LogP contribution in [-0.4, -0.2) is 68.7 Å². The highest BCUT2D eigenvalue weighted by molar-refractivity contribution is 5.78. The summed E-state index contributed by atoms with van der Waals surface area (Å²) in [4.78, 5) is 17.0. The van der Waals surface area contributed by atoms with Gasteiger partial charge in [0.25, 0.3) is 0 Å². The van der Waals surface area contributed by atoms with E-state index in [0.717, 1.165) is 19.6 Å². The van der Waals surface area contributed by atoms with E-state index in [-0.39, 0.29) is 18.1 Å². The maximum atomic E-state index is 12.6. The molecule has 1 aromatic carbocycles. The molecular weight excluding hydrogens is 314 g/mol. The minimum absolute atomic E-state index is 0.128. The number of ether oxygens (including phenoxy) is 1. The van der Waals surface area contributed by atoms with E-state index in [1.807, 2.05) is 0 Å². The number of carbonyl (C=O) groups excluding carboxylic acids is 1. The number of likely N-dealkylation sites (N-methyl/N-ethyl adjacent to an activating group) is 1. The molecule has 2 fully saturated rings. The van der Waals surface area contributed by atoms with E-state index in [0.29, 0.717) is 19.1 Å². The quantitative estimate of drug-likeness (QED) is 0.819. The number of aryl methyl sites for hydroxylation is 1. The Morgan fingerprint density at radius 1 is 1.32 bits per heavy atom. The number of hydrogen-bond acceptors (Lipinski definition) is 4. The molecule has 2 atom stereocenters. The van der Waals surface area contributed by atoms with Crippen LogP contribution in [0, 0.1) is 12.8 Å². The lowest BCUT2D eigenvalue weighted by atomic mass is 10.0. The molecule has 0 bridgehead atoms. The normalized spacial score (nSPS) is 22.8. The summed E-state index contributed by atoms with van der Waals surface area (Å²) < 4.78 is 5.80. The van der Waals surface area contributed by atoms with Crippen LogP contribution in [0.5, 0.6) is 0 Å². The maximum absolute atomic E-state index is 12.6. The molecule has 2 aliphatic rings. The van der Waals surface area contributed by atoms with Crippen LogP contribution >= 0.6 is 0 Å². The Morgan fingerprint density at radius 3 is 2.68 bits per heavy atom. The number of nitrogens with zero attached hydrogens (tertiary/aromatic N) is 2. The van der Waals surface area contributed by atoms with Gasteiger partial charge in [-0.15, -0.1) is 0 Å². The Bertz CT molecular complexity index is 569. The first kappa shape index (κ1) is 18.4. The van der Waals surface area contributed by atoms with E-state index in [4.69, 9.17) is 4.74 Å². The predicted octanol–water partition coefficient (Wildman–Crippen LogP) is 1.82. The molecule has 1 N–H and O–H groups in total. The molecule has 138 valence electrons. The van der Waals surface area contributed by atoms with E-state index >= 15 is 0 Å². The van der Waals surface area contributed by atoms with Gasteiger partial charge in [-0.25, -0.2) is 0 Å². The van der Waals surface area contributed by atoms with Crippen LogP contribution in [0.4, 0.5) is 0 Å². The van der Waals surface area contributed by atoms with Crippen molar-refractivity contribution in [1.29, 1.82) is 0 Å². The van der Waals surface area contributed by atoms with Crippen LogP contribution in [0.3, 0.4) is 0 Å². The summed E-state index contributed by atoms with van der Waals surface area (Å²) in [6.45, 7) is 5.81. The number of amides is 1. The van der Waals surface area contributed by atoms with E-state index in [9.17, 15) is 4.79 Å². The first-order valence-corrected chi connectivity index (χ1v) is 9.36. The molecule has 0 spiro atoms. The molecule has 5 heteroatoms. The van der Waals surface area contributed by atoms with Gasteiger partial charge in [0.05, 0.1) is 25.3 Å². The first-order chi connectivity index (χ1) is 12.0. The number of nitrogens with one attached hydrogen (secondary N) is 1. The van der Waals surface area contributed by atoms with Gasteiger partial charge in [-0.2, -0.15) is 0 Å². The molecule has 0 unspecified atom stereocenters. The van der Waals surface area contributed by atoms with Crippen molar-refractivity contribution >= 4 is 5.91 Å². The fraction of sp³-hybridized carbons (Fsp3) is 0.650. The summed E-state index contributed by atoms with van der Waals surface area (Å²) in [5.74, 6) is 0.723. The topological polar surface area (TPSA) is 44.8 Å². The summed E-state index contributed by atoms with van der Waals surface area (Å²) in [5, 5.41) is 3.29. The maximum Gasteiger partial charge on any atom is 0.234 e. The Morgan fingerprint density at radius 2 is 2.04 bits per heavy atom. The lowest BCUT2D eigenvalue weighted by Gasteiger charge is -2.34. The SMILES string of the molecule is Cc1ccc([C@H](NC(=O)CN2CCO[C@H](CN(C)C)C2)C2CC2)cc1. The third kappa shape index (κ3) is 5.53. The summed E-state index contributed by atoms with van der Waals surface area (Å²) in [6, 6.07) is 8.72. The van der Waals surface area contributed by atoms with Gasteiger partial charge in [-0.05, 0) is 45.3 Å². The van der Waals surface area contributed by atoms with Crippen molar-refractivity contribution in [3.63, 3.8) is 0 Å². The van der Waals surface area contributed by atoms with Crippen molar-refractivity contribution in [1.82, 2.24) is 15.1 Å². The molecule has 1 amide bonds. The van der Waals surface area contributed by atoms with Crippen molar-refractivity contribution in [3.8, 4) is 0 Å². The van der Waals surface area contributed by atoms with Gasteiger partial charge in [-0.3, -0.25) is 9.69 Å². The van der Waals surface area contributed by atoms with Crippen LogP contribution in [0.15, 0.2) is 24.3 Å². The van der Waals surface area contributed by atoms with E-state index in [2.05, 4.69) is 60.4 Å². The summed E-state index contributed by atoms with van der Waals surface area (Å²) in [6.07, 6.45) is 2.61. The third-order valence-electron chi connectivity index (χ3n) is 5.01. The van der Waals surface area contributed by atoms with Gasteiger partial charge in [0, 0.05) is 19.6 Å². The second kappa shape index (κ2) is 8.30. The van der Waals surface area contributed by atoms with Crippen molar-refractivity contribution in [2.45, 2.75) is 31.9 Å². The summed E-state index contributed by atoms with van der Waals surface area (Å²) in [5.41, 5.74) is 2.48. The van der Waals surface area contributed by atoms with Crippen molar-refractivity contribution < 1.29 is 9.53 Å². The molecule has 1 heterocycles. The molecule has 5 nitrogen and oxygen atoms in total. The zero-order chi connectivity index (χ0) is 17.8. The van der Waals surface area contributed by atoms with Gasteiger partial charge in [-0.1, -0.05) is 29.8 Å². The van der Waals surface area contributed by atoms with Gasteiger partial charge < -0.3 is 15.0 Å². The fourth-order valence-electron chi connectivity index (χ4n) is 3.54. The molecule has 1 saturated heterocycles. The minimum Gasteiger partial charge on any atom is -0.374 e. The molecule has 25 heavy (non-hydrogen) atoms. The second-order valence-corrected chi connectivity index (χ2v) is 7.78. The van der Waals surface area contributed by atoms with Gasteiger partial charge in [0.1, 0.15) is 0 Å². The molecule has 1 aliphatic heterocycles. The molecule has 0 aromatic heterocycles. The zero-order valence-electron chi connectivity index (χ0n) is 15.7. The molecule has 1 saturated carbocycles. The number of benzene rings is 1. The monoisotopic (exact) mass is 345 g/mol. The van der Waals surface area contributed by atoms with Crippen molar-refractivity contribution in [3.05, 3.63) is 35.4 Å². The second-order valence-electron chi connectivity index (χ2n) is 7.78. The number of rotatable bonds is 7. The first-order valence-electron chi connectivity index (χ1n) is 9.36. The molecule has 1 aliphatic carbocycles.